The minimum Gasteiger partial charge on any atom is -0.357 e. The van der Waals surface area contributed by atoms with Crippen molar-refractivity contribution in [1.29, 1.82) is 0 Å². The SMILES string of the molecule is CCNC(=NCc1ccc(C(=O)N(CC)CC)cc1)NCC1(c2ccccc2)CC1. The van der Waals surface area contributed by atoms with Crippen molar-refractivity contribution >= 4 is 11.9 Å². The van der Waals surface area contributed by atoms with E-state index < -0.39 is 0 Å². The molecule has 1 aliphatic carbocycles. The second-order valence-corrected chi connectivity index (χ2v) is 7.87. The van der Waals surface area contributed by atoms with Gasteiger partial charge in [-0.2, -0.15) is 0 Å². The molecular formula is C25H34N4O. The van der Waals surface area contributed by atoms with Crippen molar-refractivity contribution in [3.8, 4) is 0 Å². The molecule has 30 heavy (non-hydrogen) atoms. The van der Waals surface area contributed by atoms with Gasteiger partial charge < -0.3 is 15.5 Å². The summed E-state index contributed by atoms with van der Waals surface area (Å²) in [7, 11) is 0. The van der Waals surface area contributed by atoms with Crippen molar-refractivity contribution in [3.63, 3.8) is 0 Å². The third-order valence-corrected chi connectivity index (χ3v) is 5.85. The maximum absolute atomic E-state index is 12.4. The van der Waals surface area contributed by atoms with Gasteiger partial charge in [0.2, 0.25) is 0 Å². The standard InChI is InChI=1S/C25H34N4O/c1-4-26-24(28-19-25(16-17-25)22-10-8-7-9-11-22)27-18-20-12-14-21(15-13-20)23(30)29(5-2)6-3/h7-15H,4-6,16-19H2,1-3H3,(H2,26,27,28). The van der Waals surface area contributed by atoms with Crippen LogP contribution in [0.5, 0.6) is 0 Å². The van der Waals surface area contributed by atoms with E-state index in [0.717, 1.165) is 43.3 Å². The smallest absolute Gasteiger partial charge is 0.253 e. The minimum absolute atomic E-state index is 0.0840. The van der Waals surface area contributed by atoms with Gasteiger partial charge in [0.15, 0.2) is 5.96 Å². The average Bonchev–Trinajstić information content (AvgIpc) is 3.58. The number of hydrogen-bond donors (Lipinski definition) is 2. The fraction of sp³-hybridized carbons (Fsp3) is 0.440. The Labute approximate surface area is 180 Å². The summed E-state index contributed by atoms with van der Waals surface area (Å²) in [4.78, 5) is 19.0. The minimum atomic E-state index is 0.0840. The number of amides is 1. The number of carbonyl (C=O) groups is 1. The molecule has 0 heterocycles. The van der Waals surface area contributed by atoms with E-state index in [0.29, 0.717) is 6.54 Å². The average molecular weight is 407 g/mol. The highest BCUT2D eigenvalue weighted by Gasteiger charge is 2.43. The van der Waals surface area contributed by atoms with E-state index in [1.165, 1.54) is 18.4 Å². The van der Waals surface area contributed by atoms with Gasteiger partial charge in [-0.05, 0) is 56.9 Å². The zero-order chi connectivity index (χ0) is 21.4. The summed E-state index contributed by atoms with van der Waals surface area (Å²) < 4.78 is 0. The van der Waals surface area contributed by atoms with E-state index in [4.69, 9.17) is 4.99 Å². The fourth-order valence-corrected chi connectivity index (χ4v) is 3.72. The second-order valence-electron chi connectivity index (χ2n) is 7.87. The van der Waals surface area contributed by atoms with Crippen molar-refractivity contribution in [1.82, 2.24) is 15.5 Å². The number of guanidine groups is 1. The number of nitrogens with zero attached hydrogens (tertiary/aromatic N) is 2. The topological polar surface area (TPSA) is 56.7 Å². The maximum Gasteiger partial charge on any atom is 0.253 e. The monoisotopic (exact) mass is 406 g/mol. The molecule has 1 fully saturated rings. The molecule has 5 heteroatoms. The van der Waals surface area contributed by atoms with Crippen LogP contribution in [0.4, 0.5) is 0 Å². The molecule has 2 aromatic rings. The van der Waals surface area contributed by atoms with E-state index in [1.54, 1.807) is 0 Å². The molecule has 0 unspecified atom stereocenters. The van der Waals surface area contributed by atoms with E-state index in [1.807, 2.05) is 43.0 Å². The quantitative estimate of drug-likeness (QED) is 0.490. The predicted molar refractivity (Wildman–Crippen MR) is 124 cm³/mol. The lowest BCUT2D eigenvalue weighted by Gasteiger charge is -2.19. The summed E-state index contributed by atoms with van der Waals surface area (Å²) in [5, 5.41) is 6.87. The highest BCUT2D eigenvalue weighted by molar-refractivity contribution is 5.94. The Morgan fingerprint density at radius 1 is 0.967 bits per heavy atom. The molecule has 3 rings (SSSR count). The number of rotatable bonds is 9. The number of hydrogen-bond acceptors (Lipinski definition) is 2. The Hall–Kier alpha value is -2.82. The number of carbonyl (C=O) groups excluding carboxylic acids is 1. The van der Waals surface area contributed by atoms with E-state index >= 15 is 0 Å². The van der Waals surface area contributed by atoms with Crippen molar-refractivity contribution in [2.24, 2.45) is 4.99 Å². The summed E-state index contributed by atoms with van der Waals surface area (Å²) in [6, 6.07) is 18.5. The molecule has 0 spiro atoms. The third kappa shape index (κ3) is 5.41. The van der Waals surface area contributed by atoms with Crippen LogP contribution < -0.4 is 10.6 Å². The van der Waals surface area contributed by atoms with Crippen molar-refractivity contribution in [2.45, 2.75) is 45.6 Å². The Morgan fingerprint density at radius 2 is 1.63 bits per heavy atom. The van der Waals surface area contributed by atoms with E-state index in [9.17, 15) is 4.79 Å². The zero-order valence-corrected chi connectivity index (χ0v) is 18.4. The van der Waals surface area contributed by atoms with Gasteiger partial charge in [0, 0.05) is 37.2 Å². The van der Waals surface area contributed by atoms with Crippen LogP contribution in [0, 0.1) is 0 Å². The first-order chi connectivity index (χ1) is 14.6. The van der Waals surface area contributed by atoms with Gasteiger partial charge in [-0.1, -0.05) is 42.5 Å². The van der Waals surface area contributed by atoms with Crippen molar-refractivity contribution in [2.75, 3.05) is 26.2 Å². The number of nitrogens with one attached hydrogen (secondary N) is 2. The molecule has 2 aromatic carbocycles. The molecule has 0 aromatic heterocycles. The van der Waals surface area contributed by atoms with Crippen LogP contribution in [0.2, 0.25) is 0 Å². The lowest BCUT2D eigenvalue weighted by atomic mass is 9.96. The molecule has 0 atom stereocenters. The molecule has 0 radical (unpaired) electrons. The van der Waals surface area contributed by atoms with Crippen LogP contribution in [-0.2, 0) is 12.0 Å². The van der Waals surface area contributed by atoms with E-state index in [-0.39, 0.29) is 11.3 Å². The molecule has 1 amide bonds. The van der Waals surface area contributed by atoms with E-state index in [2.05, 4.69) is 47.9 Å². The summed E-state index contributed by atoms with van der Waals surface area (Å²) in [5.74, 6) is 0.920. The molecule has 160 valence electrons. The zero-order valence-electron chi connectivity index (χ0n) is 18.4. The highest BCUT2D eigenvalue weighted by Crippen LogP contribution is 2.47. The molecule has 0 aliphatic heterocycles. The van der Waals surface area contributed by atoms with Crippen molar-refractivity contribution < 1.29 is 4.79 Å². The van der Waals surface area contributed by atoms with Crippen LogP contribution in [0.3, 0.4) is 0 Å². The van der Waals surface area contributed by atoms with Gasteiger partial charge in [0.05, 0.1) is 6.54 Å². The van der Waals surface area contributed by atoms with Gasteiger partial charge in [-0.3, -0.25) is 4.79 Å². The van der Waals surface area contributed by atoms with Crippen LogP contribution in [-0.4, -0.2) is 42.9 Å². The van der Waals surface area contributed by atoms with Gasteiger partial charge in [0.25, 0.3) is 5.91 Å². The largest absolute Gasteiger partial charge is 0.357 e. The molecule has 5 nitrogen and oxygen atoms in total. The van der Waals surface area contributed by atoms with Crippen molar-refractivity contribution in [3.05, 3.63) is 71.3 Å². The molecule has 0 bridgehead atoms. The van der Waals surface area contributed by atoms with Crippen LogP contribution in [0.15, 0.2) is 59.6 Å². The second kappa shape index (κ2) is 10.3. The first kappa shape index (κ1) is 21.9. The van der Waals surface area contributed by atoms with Gasteiger partial charge in [0.1, 0.15) is 0 Å². The third-order valence-electron chi connectivity index (χ3n) is 5.85. The first-order valence-electron chi connectivity index (χ1n) is 11.1. The summed E-state index contributed by atoms with van der Waals surface area (Å²) >= 11 is 0. The maximum atomic E-state index is 12.4. The van der Waals surface area contributed by atoms with Crippen LogP contribution in [0.1, 0.15) is 55.1 Å². The molecule has 1 aliphatic rings. The Kier molecular flexibility index (Phi) is 7.50. The summed E-state index contributed by atoms with van der Waals surface area (Å²) in [6.07, 6.45) is 2.43. The Morgan fingerprint density at radius 3 is 2.20 bits per heavy atom. The summed E-state index contributed by atoms with van der Waals surface area (Å²) in [6.45, 7) is 9.82. The van der Waals surface area contributed by atoms with Crippen LogP contribution >= 0.6 is 0 Å². The lowest BCUT2D eigenvalue weighted by Crippen LogP contribution is -2.41. The molecule has 2 N–H and O–H groups in total. The summed E-state index contributed by atoms with van der Waals surface area (Å²) in [5.41, 5.74) is 3.47. The normalized spacial score (nSPS) is 14.8. The Balaban J connectivity index is 1.60. The van der Waals surface area contributed by atoms with Gasteiger partial charge in [-0.15, -0.1) is 0 Å². The molecule has 0 saturated heterocycles. The van der Waals surface area contributed by atoms with Crippen LogP contribution in [0.25, 0.3) is 0 Å². The predicted octanol–water partition coefficient (Wildman–Crippen LogP) is 3.96. The lowest BCUT2D eigenvalue weighted by molar-refractivity contribution is 0.0773. The highest BCUT2D eigenvalue weighted by atomic mass is 16.2. The fourth-order valence-electron chi connectivity index (χ4n) is 3.72. The first-order valence-corrected chi connectivity index (χ1v) is 11.1. The number of benzene rings is 2. The van der Waals surface area contributed by atoms with Gasteiger partial charge in [-0.25, -0.2) is 4.99 Å². The molecular weight excluding hydrogens is 372 g/mol. The van der Waals surface area contributed by atoms with Gasteiger partial charge >= 0.3 is 0 Å². The Bertz CT molecular complexity index is 837. The molecule has 1 saturated carbocycles. The number of aliphatic imine (C=N–C) groups is 1.